The number of benzene rings is 1. The minimum Gasteiger partial charge on any atom is -0.460 e. The van der Waals surface area contributed by atoms with E-state index in [2.05, 4.69) is 9.72 Å². The van der Waals surface area contributed by atoms with Crippen molar-refractivity contribution in [3.05, 3.63) is 47.5 Å². The van der Waals surface area contributed by atoms with Gasteiger partial charge in [0.25, 0.3) is 0 Å². The molecule has 0 spiro atoms. The number of imidazole rings is 1. The molecule has 130 valence electrons. The van der Waals surface area contributed by atoms with Crippen LogP contribution in [0.25, 0.3) is 5.69 Å². The van der Waals surface area contributed by atoms with Gasteiger partial charge in [0.1, 0.15) is 0 Å². The second-order valence-electron chi connectivity index (χ2n) is 4.61. The van der Waals surface area contributed by atoms with E-state index in [1.54, 1.807) is 0 Å². The van der Waals surface area contributed by atoms with Crippen LogP contribution in [0.15, 0.2) is 30.6 Å². The Labute approximate surface area is 131 Å². The Bertz CT molecular complexity index is 716. The minimum absolute atomic E-state index is 0.00443. The van der Waals surface area contributed by atoms with Gasteiger partial charge in [-0.2, -0.15) is 26.3 Å². The fourth-order valence-electron chi connectivity index (χ4n) is 1.94. The summed E-state index contributed by atoms with van der Waals surface area (Å²) in [6.07, 6.45) is -7.83. The van der Waals surface area contributed by atoms with Crippen LogP contribution in [0.3, 0.4) is 0 Å². The lowest BCUT2D eigenvalue weighted by atomic mass is 10.1. The van der Waals surface area contributed by atoms with Crippen molar-refractivity contribution in [3.63, 3.8) is 0 Å². The molecule has 0 aliphatic heterocycles. The van der Waals surface area contributed by atoms with Gasteiger partial charge in [0.15, 0.2) is 0 Å². The number of hydrogen-bond acceptors (Lipinski definition) is 3. The van der Waals surface area contributed by atoms with Gasteiger partial charge in [0.05, 0.1) is 17.7 Å². The van der Waals surface area contributed by atoms with Crippen LogP contribution in [0.4, 0.5) is 26.3 Å². The molecule has 0 fully saturated rings. The highest BCUT2D eigenvalue weighted by molar-refractivity contribution is 5.86. The predicted molar refractivity (Wildman–Crippen MR) is 69.5 cm³/mol. The lowest BCUT2D eigenvalue weighted by molar-refractivity contribution is -0.143. The molecule has 0 aliphatic rings. The third-order valence-electron chi connectivity index (χ3n) is 2.95. The van der Waals surface area contributed by atoms with Crippen LogP contribution < -0.4 is 0 Å². The number of ether oxygens (including phenoxy) is 1. The first-order chi connectivity index (χ1) is 11.0. The van der Waals surface area contributed by atoms with Crippen molar-refractivity contribution in [3.8, 4) is 5.69 Å². The molecule has 4 nitrogen and oxygen atoms in total. The molecule has 0 saturated carbocycles. The van der Waals surface area contributed by atoms with Crippen molar-refractivity contribution >= 4 is 5.97 Å². The van der Waals surface area contributed by atoms with E-state index in [4.69, 9.17) is 0 Å². The molecule has 10 heteroatoms. The molecule has 1 aromatic heterocycles. The highest BCUT2D eigenvalue weighted by Gasteiger charge is 2.37. The second kappa shape index (κ2) is 6.17. The molecule has 1 aromatic carbocycles. The minimum atomic E-state index is -4.99. The van der Waals surface area contributed by atoms with E-state index in [1.807, 2.05) is 0 Å². The van der Waals surface area contributed by atoms with Crippen molar-refractivity contribution in [1.82, 2.24) is 9.55 Å². The first kappa shape index (κ1) is 17.8. The largest absolute Gasteiger partial charge is 0.460 e. The average molecular weight is 352 g/mol. The zero-order valence-corrected chi connectivity index (χ0v) is 12.1. The summed E-state index contributed by atoms with van der Waals surface area (Å²) in [7, 11) is 0. The number of esters is 1. The number of rotatable bonds is 3. The maximum Gasteiger partial charge on any atom is 0.416 e. The average Bonchev–Trinajstić information content (AvgIpc) is 2.94. The summed E-state index contributed by atoms with van der Waals surface area (Å²) in [6, 6.07) is 1.00. The molecule has 0 radical (unpaired) electrons. The molecule has 0 aliphatic carbocycles. The molecular formula is C14H10F6N2O2. The number of alkyl halides is 6. The Morgan fingerprint density at radius 1 is 1.08 bits per heavy atom. The van der Waals surface area contributed by atoms with Crippen LogP contribution in [-0.2, 0) is 17.1 Å². The van der Waals surface area contributed by atoms with E-state index < -0.39 is 41.0 Å². The smallest absolute Gasteiger partial charge is 0.416 e. The number of hydrogen-bond donors (Lipinski definition) is 0. The summed E-state index contributed by atoms with van der Waals surface area (Å²) >= 11 is 0. The van der Waals surface area contributed by atoms with Crippen molar-refractivity contribution in [2.24, 2.45) is 0 Å². The summed E-state index contributed by atoms with van der Waals surface area (Å²) < 4.78 is 82.7. The second-order valence-corrected chi connectivity index (χ2v) is 4.61. The normalized spacial score (nSPS) is 12.3. The van der Waals surface area contributed by atoms with Gasteiger partial charge >= 0.3 is 18.3 Å². The Kier molecular flexibility index (Phi) is 4.59. The van der Waals surface area contributed by atoms with Crippen LogP contribution in [0.1, 0.15) is 28.7 Å². The molecule has 0 amide bonds. The van der Waals surface area contributed by atoms with Gasteiger partial charge in [-0.25, -0.2) is 9.78 Å². The first-order valence-electron chi connectivity index (χ1n) is 6.54. The fourth-order valence-corrected chi connectivity index (χ4v) is 1.94. The van der Waals surface area contributed by atoms with E-state index >= 15 is 0 Å². The summed E-state index contributed by atoms with van der Waals surface area (Å²) in [5.74, 6) is -1.39. The standard InChI is InChI=1S/C14H10F6N2O2/c1-2-24-12(23)11-21-3-4-22(11)10-6-8(13(15,16)17)5-9(7-10)14(18,19)20/h3-7H,2H2,1H3. The lowest BCUT2D eigenvalue weighted by Crippen LogP contribution is -2.15. The number of carbonyl (C=O) groups excluding carboxylic acids is 1. The molecule has 0 N–H and O–H groups in total. The van der Waals surface area contributed by atoms with E-state index in [0.717, 1.165) is 17.0 Å². The summed E-state index contributed by atoms with van der Waals surface area (Å²) in [4.78, 5) is 15.3. The lowest BCUT2D eigenvalue weighted by Gasteiger charge is -2.15. The van der Waals surface area contributed by atoms with Gasteiger partial charge < -0.3 is 4.74 Å². The van der Waals surface area contributed by atoms with Crippen LogP contribution in [0, 0.1) is 0 Å². The van der Waals surface area contributed by atoms with Crippen molar-refractivity contribution in [1.29, 1.82) is 0 Å². The Morgan fingerprint density at radius 2 is 1.62 bits per heavy atom. The zero-order valence-electron chi connectivity index (χ0n) is 12.1. The quantitative estimate of drug-likeness (QED) is 0.617. The third kappa shape index (κ3) is 3.69. The zero-order chi connectivity index (χ0) is 18.1. The molecule has 0 bridgehead atoms. The summed E-state index contributed by atoms with van der Waals surface area (Å²) in [5, 5.41) is 0. The molecule has 0 saturated heterocycles. The molecule has 2 aromatic rings. The molecule has 2 rings (SSSR count). The van der Waals surface area contributed by atoms with Crippen molar-refractivity contribution < 1.29 is 35.9 Å². The van der Waals surface area contributed by atoms with Crippen LogP contribution in [0.2, 0.25) is 0 Å². The number of aromatic nitrogens is 2. The van der Waals surface area contributed by atoms with Crippen LogP contribution in [0.5, 0.6) is 0 Å². The van der Waals surface area contributed by atoms with Gasteiger partial charge in [-0.3, -0.25) is 4.57 Å². The Balaban J connectivity index is 2.63. The van der Waals surface area contributed by atoms with Gasteiger partial charge in [-0.1, -0.05) is 0 Å². The maximum absolute atomic E-state index is 12.9. The van der Waals surface area contributed by atoms with Crippen molar-refractivity contribution in [2.75, 3.05) is 6.61 Å². The molecule has 0 unspecified atom stereocenters. The van der Waals surface area contributed by atoms with Gasteiger partial charge in [0.2, 0.25) is 5.82 Å². The number of halogens is 6. The Morgan fingerprint density at radius 3 is 2.08 bits per heavy atom. The van der Waals surface area contributed by atoms with E-state index in [-0.39, 0.29) is 12.7 Å². The first-order valence-corrected chi connectivity index (χ1v) is 6.54. The summed E-state index contributed by atoms with van der Waals surface area (Å²) in [6.45, 7) is 1.47. The van der Waals surface area contributed by atoms with Crippen molar-refractivity contribution in [2.45, 2.75) is 19.3 Å². The van der Waals surface area contributed by atoms with Crippen LogP contribution >= 0.6 is 0 Å². The van der Waals surface area contributed by atoms with E-state index in [1.165, 1.54) is 6.92 Å². The fraction of sp³-hybridized carbons (Fsp3) is 0.286. The van der Waals surface area contributed by atoms with Gasteiger partial charge in [0, 0.05) is 18.1 Å². The number of carbonyl (C=O) groups is 1. The molecule has 0 atom stereocenters. The molecule has 1 heterocycles. The van der Waals surface area contributed by atoms with Gasteiger partial charge in [-0.05, 0) is 25.1 Å². The van der Waals surface area contributed by atoms with E-state index in [9.17, 15) is 31.1 Å². The van der Waals surface area contributed by atoms with Gasteiger partial charge in [-0.15, -0.1) is 0 Å². The monoisotopic (exact) mass is 352 g/mol. The number of nitrogens with zero attached hydrogens (tertiary/aromatic N) is 2. The third-order valence-corrected chi connectivity index (χ3v) is 2.95. The Hall–Kier alpha value is -2.52. The molecular weight excluding hydrogens is 342 g/mol. The predicted octanol–water partition coefficient (Wildman–Crippen LogP) is 4.09. The SMILES string of the molecule is CCOC(=O)c1nccn1-c1cc(C(F)(F)F)cc(C(F)(F)F)c1. The highest BCUT2D eigenvalue weighted by Crippen LogP contribution is 2.37. The highest BCUT2D eigenvalue weighted by atomic mass is 19.4. The molecule has 24 heavy (non-hydrogen) atoms. The summed E-state index contributed by atoms with van der Waals surface area (Å²) in [5.41, 5.74) is -3.48. The maximum atomic E-state index is 12.9. The van der Waals surface area contributed by atoms with Crippen LogP contribution in [-0.4, -0.2) is 22.1 Å². The topological polar surface area (TPSA) is 44.1 Å². The van der Waals surface area contributed by atoms with E-state index in [0.29, 0.717) is 12.1 Å².